The Labute approximate surface area is 154 Å². The van der Waals surface area contributed by atoms with Crippen molar-refractivity contribution in [2.45, 2.75) is 38.3 Å². The summed E-state index contributed by atoms with van der Waals surface area (Å²) in [4.78, 5) is 27.2. The van der Waals surface area contributed by atoms with Gasteiger partial charge < -0.3 is 10.2 Å². The molecular weight excluding hydrogens is 324 g/mol. The van der Waals surface area contributed by atoms with E-state index in [0.29, 0.717) is 24.4 Å². The number of carbonyl (C=O) groups is 2. The Balaban J connectivity index is 1.48. The minimum Gasteiger partial charge on any atom is -0.345 e. The summed E-state index contributed by atoms with van der Waals surface area (Å²) in [5.74, 6) is 0.655. The molecule has 1 atom stereocenters. The van der Waals surface area contributed by atoms with Gasteiger partial charge in [-0.05, 0) is 36.0 Å². The fraction of sp³-hybridized carbons (Fsp3) is 0.364. The van der Waals surface area contributed by atoms with E-state index in [2.05, 4.69) is 17.4 Å². The predicted molar refractivity (Wildman–Crippen MR) is 100 cm³/mol. The van der Waals surface area contributed by atoms with Crippen LogP contribution in [-0.4, -0.2) is 23.3 Å². The SMILES string of the molecule is O=C1NC(CC(=O)N(Cc2ccccc2)CC2CCC2)c2ccccc21. The van der Waals surface area contributed by atoms with Crippen LogP contribution in [0, 0.1) is 5.92 Å². The zero-order chi connectivity index (χ0) is 17.9. The summed E-state index contributed by atoms with van der Waals surface area (Å²) >= 11 is 0. The van der Waals surface area contributed by atoms with Crippen LogP contribution in [-0.2, 0) is 11.3 Å². The Bertz CT molecular complexity index is 799. The minimum atomic E-state index is -0.217. The number of hydrogen-bond acceptors (Lipinski definition) is 2. The van der Waals surface area contributed by atoms with Gasteiger partial charge in [0.25, 0.3) is 5.91 Å². The maximum absolute atomic E-state index is 13.1. The third-order valence-corrected chi connectivity index (χ3v) is 5.54. The molecule has 2 aliphatic rings. The van der Waals surface area contributed by atoms with Crippen LogP contribution in [0.15, 0.2) is 54.6 Å². The van der Waals surface area contributed by atoms with Crippen molar-refractivity contribution in [3.05, 3.63) is 71.3 Å². The van der Waals surface area contributed by atoms with Gasteiger partial charge >= 0.3 is 0 Å². The summed E-state index contributed by atoms with van der Waals surface area (Å²) in [5, 5.41) is 2.96. The molecule has 0 spiro atoms. The van der Waals surface area contributed by atoms with Gasteiger partial charge in [0, 0.05) is 18.7 Å². The number of hydrogen-bond donors (Lipinski definition) is 1. The average molecular weight is 348 g/mol. The van der Waals surface area contributed by atoms with Crippen molar-refractivity contribution >= 4 is 11.8 Å². The molecule has 1 fully saturated rings. The van der Waals surface area contributed by atoms with E-state index in [9.17, 15) is 9.59 Å². The number of rotatable bonds is 6. The molecule has 26 heavy (non-hydrogen) atoms. The molecule has 2 aromatic carbocycles. The monoisotopic (exact) mass is 348 g/mol. The second kappa shape index (κ2) is 7.32. The molecule has 4 heteroatoms. The van der Waals surface area contributed by atoms with Gasteiger partial charge in [-0.1, -0.05) is 55.0 Å². The second-order valence-electron chi connectivity index (χ2n) is 7.37. The number of nitrogens with zero attached hydrogens (tertiary/aromatic N) is 1. The quantitative estimate of drug-likeness (QED) is 0.865. The highest BCUT2D eigenvalue weighted by Gasteiger charge is 2.32. The smallest absolute Gasteiger partial charge is 0.252 e. The van der Waals surface area contributed by atoms with Gasteiger partial charge in [0.2, 0.25) is 5.91 Å². The Hall–Kier alpha value is -2.62. The van der Waals surface area contributed by atoms with Crippen LogP contribution in [0.25, 0.3) is 0 Å². The van der Waals surface area contributed by atoms with Gasteiger partial charge in [-0.3, -0.25) is 9.59 Å². The van der Waals surface area contributed by atoms with Crippen molar-refractivity contribution in [3.63, 3.8) is 0 Å². The van der Waals surface area contributed by atoms with Gasteiger partial charge in [-0.25, -0.2) is 0 Å². The number of benzene rings is 2. The topological polar surface area (TPSA) is 49.4 Å². The molecule has 1 heterocycles. The lowest BCUT2D eigenvalue weighted by atomic mass is 9.85. The molecule has 1 saturated carbocycles. The van der Waals surface area contributed by atoms with Crippen molar-refractivity contribution in [1.29, 1.82) is 0 Å². The largest absolute Gasteiger partial charge is 0.345 e. The molecular formula is C22H24N2O2. The van der Waals surface area contributed by atoms with Crippen LogP contribution >= 0.6 is 0 Å². The molecule has 1 unspecified atom stereocenters. The lowest BCUT2D eigenvalue weighted by Gasteiger charge is -2.33. The van der Waals surface area contributed by atoms with Gasteiger partial charge in [-0.2, -0.15) is 0 Å². The van der Waals surface area contributed by atoms with Crippen LogP contribution in [0.1, 0.15) is 53.2 Å². The molecule has 4 rings (SSSR count). The highest BCUT2D eigenvalue weighted by Crippen LogP contribution is 2.30. The first-order valence-electron chi connectivity index (χ1n) is 9.42. The summed E-state index contributed by atoms with van der Waals surface area (Å²) in [6.45, 7) is 1.45. The van der Waals surface area contributed by atoms with E-state index in [1.165, 1.54) is 19.3 Å². The lowest BCUT2D eigenvalue weighted by molar-refractivity contribution is -0.133. The average Bonchev–Trinajstić information content (AvgIpc) is 2.94. The summed E-state index contributed by atoms with van der Waals surface area (Å²) in [6, 6.07) is 17.5. The van der Waals surface area contributed by atoms with Gasteiger partial charge in [0.05, 0.1) is 12.5 Å². The van der Waals surface area contributed by atoms with Crippen molar-refractivity contribution < 1.29 is 9.59 Å². The number of nitrogens with one attached hydrogen (secondary N) is 1. The highest BCUT2D eigenvalue weighted by molar-refractivity contribution is 5.99. The van der Waals surface area contributed by atoms with Gasteiger partial charge in [-0.15, -0.1) is 0 Å². The lowest BCUT2D eigenvalue weighted by Crippen LogP contribution is -2.38. The van der Waals surface area contributed by atoms with E-state index in [4.69, 9.17) is 0 Å². The fourth-order valence-electron chi connectivity index (χ4n) is 3.83. The van der Waals surface area contributed by atoms with E-state index in [-0.39, 0.29) is 17.9 Å². The van der Waals surface area contributed by atoms with E-state index in [0.717, 1.165) is 17.7 Å². The zero-order valence-corrected chi connectivity index (χ0v) is 14.9. The van der Waals surface area contributed by atoms with E-state index >= 15 is 0 Å². The molecule has 134 valence electrons. The van der Waals surface area contributed by atoms with Crippen LogP contribution in [0.5, 0.6) is 0 Å². The normalized spacial score (nSPS) is 18.8. The predicted octanol–water partition coefficient (Wildman–Crippen LogP) is 3.69. The van der Waals surface area contributed by atoms with E-state index < -0.39 is 0 Å². The molecule has 0 radical (unpaired) electrons. The first-order chi connectivity index (χ1) is 12.7. The summed E-state index contributed by atoms with van der Waals surface area (Å²) < 4.78 is 0. The molecule has 1 aliphatic heterocycles. The molecule has 0 aromatic heterocycles. The molecule has 0 saturated heterocycles. The van der Waals surface area contributed by atoms with Crippen LogP contribution < -0.4 is 5.32 Å². The Morgan fingerprint density at radius 2 is 1.77 bits per heavy atom. The molecule has 2 aromatic rings. The molecule has 2 amide bonds. The van der Waals surface area contributed by atoms with Crippen LogP contribution in [0.3, 0.4) is 0 Å². The van der Waals surface area contributed by atoms with Gasteiger partial charge in [0.1, 0.15) is 0 Å². The minimum absolute atomic E-state index is 0.0768. The molecule has 1 N–H and O–H groups in total. The van der Waals surface area contributed by atoms with Gasteiger partial charge in [0.15, 0.2) is 0 Å². The third-order valence-electron chi connectivity index (χ3n) is 5.54. The maximum Gasteiger partial charge on any atom is 0.252 e. The fourth-order valence-corrected chi connectivity index (χ4v) is 3.83. The molecule has 1 aliphatic carbocycles. The molecule has 0 bridgehead atoms. The van der Waals surface area contributed by atoms with E-state index in [1.54, 1.807) is 0 Å². The maximum atomic E-state index is 13.1. The first-order valence-corrected chi connectivity index (χ1v) is 9.42. The number of carbonyl (C=O) groups excluding carboxylic acids is 2. The Morgan fingerprint density at radius 3 is 2.50 bits per heavy atom. The Morgan fingerprint density at radius 1 is 1.04 bits per heavy atom. The van der Waals surface area contributed by atoms with Crippen molar-refractivity contribution in [2.24, 2.45) is 5.92 Å². The van der Waals surface area contributed by atoms with Crippen LogP contribution in [0.2, 0.25) is 0 Å². The molecule has 4 nitrogen and oxygen atoms in total. The second-order valence-corrected chi connectivity index (χ2v) is 7.37. The summed E-state index contributed by atoms with van der Waals surface area (Å²) in [6.07, 6.45) is 4.01. The summed E-state index contributed by atoms with van der Waals surface area (Å²) in [7, 11) is 0. The standard InChI is InChI=1S/C22H24N2O2/c25-21(13-20-18-11-4-5-12-19(18)22(26)23-20)24(15-17-9-6-10-17)14-16-7-2-1-3-8-16/h1-5,7-8,11-12,17,20H,6,9-10,13-15H2,(H,23,26). The van der Waals surface area contributed by atoms with Crippen molar-refractivity contribution in [3.8, 4) is 0 Å². The zero-order valence-electron chi connectivity index (χ0n) is 14.9. The van der Waals surface area contributed by atoms with E-state index in [1.807, 2.05) is 47.4 Å². The van der Waals surface area contributed by atoms with Crippen LogP contribution in [0.4, 0.5) is 0 Å². The number of amides is 2. The highest BCUT2D eigenvalue weighted by atomic mass is 16.2. The third kappa shape index (κ3) is 3.50. The first kappa shape index (κ1) is 16.8. The summed E-state index contributed by atoms with van der Waals surface area (Å²) in [5.41, 5.74) is 2.78. The van der Waals surface area contributed by atoms with Crippen molar-refractivity contribution in [1.82, 2.24) is 10.2 Å². The number of fused-ring (bicyclic) bond motifs is 1. The Kier molecular flexibility index (Phi) is 4.74. The van der Waals surface area contributed by atoms with Crippen molar-refractivity contribution in [2.75, 3.05) is 6.54 Å².